The van der Waals surface area contributed by atoms with E-state index in [4.69, 9.17) is 11.5 Å². The summed E-state index contributed by atoms with van der Waals surface area (Å²) < 4.78 is 4.57. The number of primary amides is 1. The molecule has 0 aromatic carbocycles. The summed E-state index contributed by atoms with van der Waals surface area (Å²) in [4.78, 5) is 10.3. The van der Waals surface area contributed by atoms with Gasteiger partial charge < -0.3 is 16.2 Å². The lowest BCUT2D eigenvalue weighted by molar-refractivity contribution is 0.208. The van der Waals surface area contributed by atoms with Crippen LogP contribution in [0.25, 0.3) is 0 Å². The van der Waals surface area contributed by atoms with Crippen molar-refractivity contribution >= 4 is 6.09 Å². The highest BCUT2D eigenvalue weighted by atomic mass is 16.6. The number of nitrogens with zero attached hydrogens (tertiary/aromatic N) is 1. The second-order valence-corrected chi connectivity index (χ2v) is 2.26. The van der Waals surface area contributed by atoms with Crippen molar-refractivity contribution in [1.82, 2.24) is 10.2 Å². The van der Waals surface area contributed by atoms with E-state index in [1.54, 1.807) is 6.92 Å². The van der Waals surface area contributed by atoms with Gasteiger partial charge in [0.1, 0.15) is 0 Å². The fourth-order valence-electron chi connectivity index (χ4n) is 0.808. The number of nitrogens with one attached hydrogen (secondary N) is 1. The lowest BCUT2D eigenvalue weighted by Gasteiger charge is -1.96. The molecule has 0 saturated carbocycles. The summed E-state index contributed by atoms with van der Waals surface area (Å²) in [6.45, 7) is 2.06. The second kappa shape index (κ2) is 3.22. The summed E-state index contributed by atoms with van der Waals surface area (Å²) in [5.41, 5.74) is 11.6. The number of H-pyrrole nitrogens is 1. The fraction of sp³-hybridized carbons (Fsp3) is 0.333. The first-order valence-corrected chi connectivity index (χ1v) is 3.36. The van der Waals surface area contributed by atoms with Crippen LogP contribution in [0.4, 0.5) is 4.79 Å². The van der Waals surface area contributed by atoms with Gasteiger partial charge >= 0.3 is 6.09 Å². The summed E-state index contributed by atoms with van der Waals surface area (Å²) in [7, 11) is 0. The van der Waals surface area contributed by atoms with Crippen LogP contribution < -0.4 is 16.2 Å². The molecule has 0 fully saturated rings. The molecule has 66 valence electrons. The number of rotatable bonds is 2. The van der Waals surface area contributed by atoms with Crippen molar-refractivity contribution in [3.05, 3.63) is 11.3 Å². The number of aromatic amines is 1. The molecule has 0 unspecified atom stereocenters. The van der Waals surface area contributed by atoms with Crippen molar-refractivity contribution in [1.29, 1.82) is 0 Å². The summed E-state index contributed by atoms with van der Waals surface area (Å²) >= 11 is 0. The molecule has 1 rings (SSSR count). The molecule has 0 spiro atoms. The fourth-order valence-corrected chi connectivity index (χ4v) is 0.808. The highest BCUT2D eigenvalue weighted by Gasteiger charge is 2.10. The molecule has 0 atom stereocenters. The Kier molecular flexibility index (Phi) is 2.29. The van der Waals surface area contributed by atoms with Gasteiger partial charge in [-0.2, -0.15) is 0 Å². The summed E-state index contributed by atoms with van der Waals surface area (Å²) in [5.74, 6) is 0.183. The highest BCUT2D eigenvalue weighted by Crippen LogP contribution is 2.16. The Balaban J connectivity index is 2.87. The molecular weight excluding hydrogens is 160 g/mol. The molecule has 0 radical (unpaired) electrons. The molecule has 1 heterocycles. The predicted molar refractivity (Wildman–Crippen MR) is 41.4 cm³/mol. The van der Waals surface area contributed by atoms with E-state index in [0.29, 0.717) is 12.1 Å². The topological polar surface area (TPSA) is 107 Å². The smallest absolute Gasteiger partial charge is 0.389 e. The molecule has 0 aliphatic heterocycles. The van der Waals surface area contributed by atoms with Gasteiger partial charge in [0.15, 0.2) is 0 Å². The Morgan fingerprint density at radius 3 is 2.83 bits per heavy atom. The van der Waals surface area contributed by atoms with Crippen LogP contribution in [0.1, 0.15) is 11.3 Å². The predicted octanol–water partition coefficient (Wildman–Crippen LogP) is -0.366. The van der Waals surface area contributed by atoms with Gasteiger partial charge in [0.05, 0.1) is 5.69 Å². The van der Waals surface area contributed by atoms with Gasteiger partial charge in [-0.3, -0.25) is 5.10 Å². The van der Waals surface area contributed by atoms with E-state index in [2.05, 4.69) is 14.9 Å². The third-order valence-electron chi connectivity index (χ3n) is 1.47. The molecule has 0 aliphatic rings. The third-order valence-corrected chi connectivity index (χ3v) is 1.47. The van der Waals surface area contributed by atoms with E-state index < -0.39 is 6.09 Å². The van der Waals surface area contributed by atoms with E-state index in [1.807, 2.05) is 0 Å². The Hall–Kier alpha value is -1.56. The maximum absolute atomic E-state index is 10.3. The van der Waals surface area contributed by atoms with Crippen LogP contribution >= 0.6 is 0 Å². The van der Waals surface area contributed by atoms with Crippen LogP contribution in [-0.2, 0) is 6.54 Å². The summed E-state index contributed by atoms with van der Waals surface area (Å²) in [6.07, 6.45) is -0.881. The van der Waals surface area contributed by atoms with Crippen molar-refractivity contribution in [3.63, 3.8) is 0 Å². The van der Waals surface area contributed by atoms with Crippen LogP contribution in [0, 0.1) is 6.92 Å². The number of carbonyl (C=O) groups is 1. The normalized spacial score (nSPS) is 9.83. The summed E-state index contributed by atoms with van der Waals surface area (Å²) in [5, 5.41) is 6.32. The minimum atomic E-state index is -0.881. The van der Waals surface area contributed by atoms with Gasteiger partial charge in [-0.1, -0.05) is 0 Å². The maximum Gasteiger partial charge on any atom is 0.411 e. The van der Waals surface area contributed by atoms with Gasteiger partial charge in [0.25, 0.3) is 0 Å². The molecule has 6 nitrogen and oxygen atoms in total. The maximum atomic E-state index is 10.3. The standard InChI is InChI=1S/C6H10N4O2/c1-3-4(2-7)9-10-5(3)12-6(8)11/h2,7H2,1H3,(H2,8,11)(H,9,10). The summed E-state index contributed by atoms with van der Waals surface area (Å²) in [6, 6.07) is 0. The Bertz CT molecular complexity index is 294. The average molecular weight is 170 g/mol. The lowest BCUT2D eigenvalue weighted by atomic mass is 10.3. The highest BCUT2D eigenvalue weighted by molar-refractivity contribution is 5.67. The number of carbonyl (C=O) groups excluding carboxylic acids is 1. The first kappa shape index (κ1) is 8.54. The van der Waals surface area contributed by atoms with Gasteiger partial charge in [-0.15, -0.1) is 5.10 Å². The van der Waals surface area contributed by atoms with Crippen molar-refractivity contribution in [2.45, 2.75) is 13.5 Å². The molecular formula is C6H10N4O2. The van der Waals surface area contributed by atoms with Crippen LogP contribution in [0.3, 0.4) is 0 Å². The minimum Gasteiger partial charge on any atom is -0.389 e. The van der Waals surface area contributed by atoms with Crippen molar-refractivity contribution in [3.8, 4) is 5.88 Å². The molecule has 12 heavy (non-hydrogen) atoms. The van der Waals surface area contributed by atoms with E-state index in [-0.39, 0.29) is 5.88 Å². The molecule has 1 aromatic heterocycles. The zero-order valence-corrected chi connectivity index (χ0v) is 6.63. The zero-order valence-electron chi connectivity index (χ0n) is 6.63. The second-order valence-electron chi connectivity index (χ2n) is 2.26. The lowest BCUT2D eigenvalue weighted by Crippen LogP contribution is -2.16. The van der Waals surface area contributed by atoms with E-state index >= 15 is 0 Å². The van der Waals surface area contributed by atoms with Crippen LogP contribution in [0.2, 0.25) is 0 Å². The minimum absolute atomic E-state index is 0.183. The average Bonchev–Trinajstić information content (AvgIpc) is 2.32. The number of ether oxygens (including phenoxy) is 1. The van der Waals surface area contributed by atoms with Gasteiger partial charge in [0.2, 0.25) is 5.88 Å². The largest absolute Gasteiger partial charge is 0.411 e. The molecule has 0 bridgehead atoms. The van der Waals surface area contributed by atoms with Crippen molar-refractivity contribution < 1.29 is 9.53 Å². The SMILES string of the molecule is Cc1c(OC(N)=O)n[nH]c1CN. The molecule has 6 heteroatoms. The van der Waals surface area contributed by atoms with Gasteiger partial charge in [-0.05, 0) is 6.92 Å². The first-order chi connectivity index (χ1) is 5.65. The number of amides is 1. The zero-order chi connectivity index (χ0) is 9.14. The van der Waals surface area contributed by atoms with Crippen molar-refractivity contribution in [2.75, 3.05) is 0 Å². The number of aromatic nitrogens is 2. The Labute approximate surface area is 68.9 Å². The number of nitrogens with two attached hydrogens (primary N) is 2. The van der Waals surface area contributed by atoms with Crippen LogP contribution in [-0.4, -0.2) is 16.3 Å². The van der Waals surface area contributed by atoms with E-state index in [9.17, 15) is 4.79 Å². The molecule has 5 N–H and O–H groups in total. The van der Waals surface area contributed by atoms with E-state index in [1.165, 1.54) is 0 Å². The molecule has 0 aliphatic carbocycles. The number of hydrogen-bond acceptors (Lipinski definition) is 4. The first-order valence-electron chi connectivity index (χ1n) is 3.36. The number of hydrogen-bond donors (Lipinski definition) is 3. The van der Waals surface area contributed by atoms with E-state index in [0.717, 1.165) is 5.69 Å². The van der Waals surface area contributed by atoms with Crippen molar-refractivity contribution in [2.24, 2.45) is 11.5 Å². The third kappa shape index (κ3) is 1.54. The Morgan fingerprint density at radius 1 is 1.75 bits per heavy atom. The molecule has 1 aromatic rings. The molecule has 1 amide bonds. The Morgan fingerprint density at radius 2 is 2.42 bits per heavy atom. The van der Waals surface area contributed by atoms with Crippen LogP contribution in [0.15, 0.2) is 0 Å². The van der Waals surface area contributed by atoms with Gasteiger partial charge in [0, 0.05) is 12.1 Å². The van der Waals surface area contributed by atoms with Gasteiger partial charge in [-0.25, -0.2) is 4.79 Å². The van der Waals surface area contributed by atoms with Crippen LogP contribution in [0.5, 0.6) is 5.88 Å². The monoisotopic (exact) mass is 170 g/mol. The quantitative estimate of drug-likeness (QED) is 0.563. The molecule has 0 saturated heterocycles.